The Morgan fingerprint density at radius 3 is 2.65 bits per heavy atom. The fraction of sp³-hybridized carbons (Fsp3) is 0.333. The summed E-state index contributed by atoms with van der Waals surface area (Å²) in [5.41, 5.74) is 0.765. The van der Waals surface area contributed by atoms with Crippen LogP contribution in [0, 0.1) is 17.0 Å². The molecule has 1 N–H and O–H groups in total. The molecule has 0 aliphatic carbocycles. The van der Waals surface area contributed by atoms with E-state index in [1.807, 2.05) is 13.8 Å². The molecule has 2 rings (SSSR count). The highest BCUT2D eigenvalue weighted by molar-refractivity contribution is 5.92. The average Bonchev–Trinajstić information content (AvgIpc) is 2.79. The maximum absolute atomic E-state index is 11.9. The number of aryl methyl sites for hydroxylation is 2. The van der Waals surface area contributed by atoms with Gasteiger partial charge in [0.2, 0.25) is 5.88 Å². The lowest BCUT2D eigenvalue weighted by Crippen LogP contribution is -2.30. The summed E-state index contributed by atoms with van der Waals surface area (Å²) >= 11 is 0. The molecule has 122 valence electrons. The Hall–Kier alpha value is -2.90. The average molecular weight is 318 g/mol. The zero-order valence-electron chi connectivity index (χ0n) is 13.4. The Morgan fingerprint density at radius 1 is 1.39 bits per heavy atom. The van der Waals surface area contributed by atoms with Crippen LogP contribution in [0.3, 0.4) is 0 Å². The number of nitro benzene ring substituents is 1. The number of aromatic nitrogens is 2. The van der Waals surface area contributed by atoms with E-state index in [4.69, 9.17) is 4.74 Å². The minimum atomic E-state index is -0.447. The first-order chi connectivity index (χ1) is 10.8. The molecule has 0 radical (unpaired) electrons. The predicted octanol–water partition coefficient (Wildman–Crippen LogP) is 2.57. The number of carbonyl (C=O) groups excluding carboxylic acids is 1. The van der Waals surface area contributed by atoms with Crippen molar-refractivity contribution >= 4 is 11.6 Å². The number of rotatable bonds is 5. The standard InChI is InChI=1S/C15H18N4O4/c1-9(2)16-15(20)12-8-14(18(4)17-12)23-11-5-6-13(19(21)22)10(3)7-11/h5-9H,1-4H3,(H,16,20). The van der Waals surface area contributed by atoms with E-state index < -0.39 is 4.92 Å². The van der Waals surface area contributed by atoms with Gasteiger partial charge in [0.05, 0.1) is 4.92 Å². The number of nitrogens with one attached hydrogen (secondary N) is 1. The molecule has 1 aromatic carbocycles. The molecule has 23 heavy (non-hydrogen) atoms. The molecule has 1 heterocycles. The molecule has 0 spiro atoms. The highest BCUT2D eigenvalue weighted by Gasteiger charge is 2.16. The summed E-state index contributed by atoms with van der Waals surface area (Å²) in [5.74, 6) is 0.518. The van der Waals surface area contributed by atoms with E-state index in [-0.39, 0.29) is 23.3 Å². The molecular formula is C15H18N4O4. The maximum atomic E-state index is 11.9. The van der Waals surface area contributed by atoms with Crippen LogP contribution in [-0.2, 0) is 7.05 Å². The van der Waals surface area contributed by atoms with Crippen molar-refractivity contribution in [1.29, 1.82) is 0 Å². The number of hydrogen-bond donors (Lipinski definition) is 1. The first kappa shape index (κ1) is 16.5. The van der Waals surface area contributed by atoms with Crippen molar-refractivity contribution in [2.24, 2.45) is 7.05 Å². The van der Waals surface area contributed by atoms with Gasteiger partial charge in [-0.05, 0) is 32.9 Å². The monoisotopic (exact) mass is 318 g/mol. The summed E-state index contributed by atoms with van der Waals surface area (Å²) < 4.78 is 7.09. The number of carbonyl (C=O) groups is 1. The van der Waals surface area contributed by atoms with E-state index in [2.05, 4.69) is 10.4 Å². The summed E-state index contributed by atoms with van der Waals surface area (Å²) in [6.45, 7) is 5.35. The van der Waals surface area contributed by atoms with Crippen molar-refractivity contribution in [2.75, 3.05) is 0 Å². The zero-order valence-corrected chi connectivity index (χ0v) is 13.4. The number of benzene rings is 1. The topological polar surface area (TPSA) is 99.3 Å². The third-order valence-corrected chi connectivity index (χ3v) is 3.08. The van der Waals surface area contributed by atoms with Gasteiger partial charge >= 0.3 is 0 Å². The second-order valence-corrected chi connectivity index (χ2v) is 5.43. The van der Waals surface area contributed by atoms with E-state index in [1.165, 1.54) is 22.9 Å². The fourth-order valence-corrected chi connectivity index (χ4v) is 2.01. The Labute approximate surface area is 133 Å². The first-order valence-corrected chi connectivity index (χ1v) is 7.05. The molecule has 0 aliphatic rings. The van der Waals surface area contributed by atoms with Crippen LogP contribution in [0.15, 0.2) is 24.3 Å². The van der Waals surface area contributed by atoms with Gasteiger partial charge in [-0.2, -0.15) is 5.10 Å². The van der Waals surface area contributed by atoms with Crippen LogP contribution < -0.4 is 10.1 Å². The van der Waals surface area contributed by atoms with Crippen molar-refractivity contribution in [3.8, 4) is 11.6 Å². The first-order valence-electron chi connectivity index (χ1n) is 7.05. The van der Waals surface area contributed by atoms with Crippen molar-refractivity contribution < 1.29 is 14.5 Å². The quantitative estimate of drug-likeness (QED) is 0.674. The lowest BCUT2D eigenvalue weighted by Gasteiger charge is -2.06. The number of hydrogen-bond acceptors (Lipinski definition) is 5. The van der Waals surface area contributed by atoms with Crippen LogP contribution in [0.4, 0.5) is 5.69 Å². The third-order valence-electron chi connectivity index (χ3n) is 3.08. The van der Waals surface area contributed by atoms with Gasteiger partial charge in [-0.1, -0.05) is 0 Å². The van der Waals surface area contributed by atoms with Crippen LogP contribution in [0.25, 0.3) is 0 Å². The van der Waals surface area contributed by atoms with Crippen LogP contribution in [0.5, 0.6) is 11.6 Å². The lowest BCUT2D eigenvalue weighted by atomic mass is 10.2. The predicted molar refractivity (Wildman–Crippen MR) is 83.7 cm³/mol. The number of amides is 1. The minimum Gasteiger partial charge on any atom is -0.439 e. The summed E-state index contributed by atoms with van der Waals surface area (Å²) in [4.78, 5) is 22.3. The van der Waals surface area contributed by atoms with E-state index in [1.54, 1.807) is 20.0 Å². The fourth-order valence-electron chi connectivity index (χ4n) is 2.01. The Balaban J connectivity index is 2.21. The highest BCUT2D eigenvalue weighted by atomic mass is 16.6. The van der Waals surface area contributed by atoms with Crippen LogP contribution in [0.2, 0.25) is 0 Å². The summed E-state index contributed by atoms with van der Waals surface area (Å²) in [6, 6.07) is 5.98. The molecule has 0 atom stereocenters. The molecule has 0 fully saturated rings. The smallest absolute Gasteiger partial charge is 0.272 e. The molecule has 0 saturated heterocycles. The SMILES string of the molecule is Cc1cc(Oc2cc(C(=O)NC(C)C)nn2C)ccc1[N+](=O)[O-]. The molecule has 8 heteroatoms. The third kappa shape index (κ3) is 3.85. The minimum absolute atomic E-state index is 0.00574. The van der Waals surface area contributed by atoms with Crippen molar-refractivity contribution in [2.45, 2.75) is 26.8 Å². The van der Waals surface area contributed by atoms with Crippen molar-refractivity contribution in [3.05, 3.63) is 45.6 Å². The van der Waals surface area contributed by atoms with E-state index >= 15 is 0 Å². The van der Waals surface area contributed by atoms with Crippen molar-refractivity contribution in [3.63, 3.8) is 0 Å². The number of ether oxygens (including phenoxy) is 1. The van der Waals surface area contributed by atoms with Gasteiger partial charge in [0.1, 0.15) is 5.75 Å². The highest BCUT2D eigenvalue weighted by Crippen LogP contribution is 2.27. The molecule has 0 saturated carbocycles. The summed E-state index contributed by atoms with van der Waals surface area (Å²) in [6.07, 6.45) is 0. The van der Waals surface area contributed by atoms with Gasteiger partial charge < -0.3 is 10.1 Å². The molecular weight excluding hydrogens is 300 g/mol. The number of nitrogens with zero attached hydrogens (tertiary/aromatic N) is 3. The van der Waals surface area contributed by atoms with Gasteiger partial charge in [0.15, 0.2) is 5.69 Å². The van der Waals surface area contributed by atoms with Crippen LogP contribution in [-0.4, -0.2) is 26.7 Å². The molecule has 0 unspecified atom stereocenters. The molecule has 1 amide bonds. The molecule has 2 aromatic rings. The summed E-state index contributed by atoms with van der Waals surface area (Å²) in [7, 11) is 1.65. The second-order valence-electron chi connectivity index (χ2n) is 5.43. The molecule has 8 nitrogen and oxygen atoms in total. The second kappa shape index (κ2) is 6.47. The van der Waals surface area contributed by atoms with Crippen molar-refractivity contribution in [1.82, 2.24) is 15.1 Å². The largest absolute Gasteiger partial charge is 0.439 e. The van der Waals surface area contributed by atoms with Gasteiger partial charge in [-0.3, -0.25) is 14.9 Å². The Morgan fingerprint density at radius 2 is 2.09 bits per heavy atom. The van der Waals surface area contributed by atoms with Gasteiger partial charge in [-0.25, -0.2) is 4.68 Å². The normalized spacial score (nSPS) is 10.7. The molecule has 0 aliphatic heterocycles. The van der Waals surface area contributed by atoms with E-state index in [9.17, 15) is 14.9 Å². The van der Waals surface area contributed by atoms with Crippen LogP contribution in [0.1, 0.15) is 29.9 Å². The maximum Gasteiger partial charge on any atom is 0.272 e. The lowest BCUT2D eigenvalue weighted by molar-refractivity contribution is -0.385. The van der Waals surface area contributed by atoms with E-state index in [0.717, 1.165) is 0 Å². The Kier molecular flexibility index (Phi) is 4.63. The van der Waals surface area contributed by atoms with Crippen LogP contribution >= 0.6 is 0 Å². The van der Waals surface area contributed by atoms with E-state index in [0.29, 0.717) is 17.2 Å². The molecule has 0 bridgehead atoms. The Bertz CT molecular complexity index is 752. The zero-order chi connectivity index (χ0) is 17.1. The molecule has 1 aromatic heterocycles. The summed E-state index contributed by atoms with van der Waals surface area (Å²) in [5, 5.41) is 17.7. The van der Waals surface area contributed by atoms with Gasteiger partial charge in [0, 0.05) is 30.8 Å². The van der Waals surface area contributed by atoms with Gasteiger partial charge in [0.25, 0.3) is 11.6 Å². The number of nitro groups is 1. The van der Waals surface area contributed by atoms with Gasteiger partial charge in [-0.15, -0.1) is 0 Å².